The number of ether oxygens (including phenoxy) is 1. The molecule has 0 unspecified atom stereocenters. The van der Waals surface area contributed by atoms with Gasteiger partial charge in [-0.1, -0.05) is 29.5 Å². The number of thioether (sulfide) groups is 1. The molecule has 1 amide bonds. The highest BCUT2D eigenvalue weighted by Crippen LogP contribution is 2.31. The van der Waals surface area contributed by atoms with Gasteiger partial charge in [0.25, 0.3) is 0 Å². The molecule has 0 atom stereocenters. The Balaban J connectivity index is 1.48. The molecule has 0 spiro atoms. The summed E-state index contributed by atoms with van der Waals surface area (Å²) >= 11 is 1.35. The van der Waals surface area contributed by atoms with Gasteiger partial charge in [0.2, 0.25) is 11.1 Å². The zero-order valence-corrected chi connectivity index (χ0v) is 16.6. The number of fused-ring (bicyclic) bond motifs is 1. The molecular formula is C20H21N5O2S. The third kappa shape index (κ3) is 3.73. The van der Waals surface area contributed by atoms with E-state index in [2.05, 4.69) is 15.5 Å². The van der Waals surface area contributed by atoms with Gasteiger partial charge in [0.15, 0.2) is 0 Å². The van der Waals surface area contributed by atoms with Crippen LogP contribution in [0, 0.1) is 6.92 Å². The molecule has 144 valence electrons. The monoisotopic (exact) mass is 395 g/mol. The molecule has 0 N–H and O–H groups in total. The largest absolute Gasteiger partial charge is 0.497 e. The first kappa shape index (κ1) is 18.5. The van der Waals surface area contributed by atoms with Crippen LogP contribution in [0.25, 0.3) is 5.69 Å². The number of anilines is 1. The molecule has 28 heavy (non-hydrogen) atoms. The minimum atomic E-state index is 0.0505. The summed E-state index contributed by atoms with van der Waals surface area (Å²) in [5.74, 6) is 1.15. The number of aryl methyl sites for hydroxylation is 2. The maximum absolute atomic E-state index is 12.9. The van der Waals surface area contributed by atoms with Gasteiger partial charge < -0.3 is 9.64 Å². The Morgan fingerprint density at radius 3 is 2.82 bits per heavy atom. The predicted octanol–water partition coefficient (Wildman–Crippen LogP) is 3.05. The van der Waals surface area contributed by atoms with Gasteiger partial charge in [0.1, 0.15) is 5.75 Å². The summed E-state index contributed by atoms with van der Waals surface area (Å²) < 4.78 is 6.96. The third-order valence-electron chi connectivity index (χ3n) is 4.75. The van der Waals surface area contributed by atoms with Gasteiger partial charge >= 0.3 is 0 Å². The number of amides is 1. The summed E-state index contributed by atoms with van der Waals surface area (Å²) in [7, 11) is 1.66. The molecule has 1 aliphatic heterocycles. The molecule has 0 bridgehead atoms. The van der Waals surface area contributed by atoms with Crippen molar-refractivity contribution in [1.82, 2.24) is 20.2 Å². The van der Waals surface area contributed by atoms with Crippen molar-refractivity contribution >= 4 is 23.4 Å². The van der Waals surface area contributed by atoms with Crippen LogP contribution in [-0.4, -0.2) is 45.5 Å². The number of benzene rings is 2. The van der Waals surface area contributed by atoms with Gasteiger partial charge in [-0.05, 0) is 66.1 Å². The van der Waals surface area contributed by atoms with Crippen LogP contribution in [-0.2, 0) is 11.2 Å². The number of nitrogens with zero attached hydrogens (tertiary/aromatic N) is 5. The van der Waals surface area contributed by atoms with E-state index in [-0.39, 0.29) is 11.7 Å². The second kappa shape index (κ2) is 8.02. The first-order chi connectivity index (χ1) is 13.7. The van der Waals surface area contributed by atoms with Crippen LogP contribution in [0.3, 0.4) is 0 Å². The highest BCUT2D eigenvalue weighted by Gasteiger charge is 2.23. The van der Waals surface area contributed by atoms with Crippen LogP contribution in [0.15, 0.2) is 47.6 Å². The highest BCUT2D eigenvalue weighted by atomic mass is 32.2. The molecule has 0 aliphatic carbocycles. The lowest BCUT2D eigenvalue weighted by atomic mass is 10.0. The fraction of sp³-hybridized carbons (Fsp3) is 0.300. The summed E-state index contributed by atoms with van der Waals surface area (Å²) in [5.41, 5.74) is 4.16. The molecule has 0 fully saturated rings. The van der Waals surface area contributed by atoms with Gasteiger partial charge in [-0.3, -0.25) is 4.79 Å². The van der Waals surface area contributed by atoms with Crippen LogP contribution in [0.5, 0.6) is 5.75 Å². The van der Waals surface area contributed by atoms with Gasteiger partial charge in [0.05, 0.1) is 18.6 Å². The molecule has 0 saturated carbocycles. The Morgan fingerprint density at radius 1 is 1.21 bits per heavy atom. The average Bonchev–Trinajstić information content (AvgIpc) is 3.20. The van der Waals surface area contributed by atoms with Gasteiger partial charge in [0, 0.05) is 12.2 Å². The number of rotatable bonds is 5. The van der Waals surface area contributed by atoms with Crippen molar-refractivity contribution in [3.05, 3.63) is 53.6 Å². The Morgan fingerprint density at radius 2 is 2.04 bits per heavy atom. The van der Waals surface area contributed by atoms with E-state index in [4.69, 9.17) is 4.74 Å². The molecule has 1 aliphatic rings. The molecule has 1 aromatic heterocycles. The number of tetrazole rings is 1. The Kier molecular flexibility index (Phi) is 5.29. The molecule has 2 aromatic carbocycles. The molecular weight excluding hydrogens is 374 g/mol. The maximum Gasteiger partial charge on any atom is 0.237 e. The van der Waals surface area contributed by atoms with Gasteiger partial charge in [-0.25, -0.2) is 0 Å². The lowest BCUT2D eigenvalue weighted by Crippen LogP contribution is -2.36. The normalized spacial score (nSPS) is 13.3. The maximum atomic E-state index is 12.9. The van der Waals surface area contributed by atoms with Crippen LogP contribution < -0.4 is 9.64 Å². The second-order valence-electron chi connectivity index (χ2n) is 6.64. The second-order valence-corrected chi connectivity index (χ2v) is 7.58. The SMILES string of the molecule is COc1ccc2c(c1)CCCN2C(=O)CSc1nnnn1-c1ccc(C)cc1. The number of carbonyl (C=O) groups is 1. The quantitative estimate of drug-likeness (QED) is 0.618. The Labute approximate surface area is 167 Å². The van der Waals surface area contributed by atoms with Crippen molar-refractivity contribution < 1.29 is 9.53 Å². The van der Waals surface area contributed by atoms with Crippen molar-refractivity contribution in [2.75, 3.05) is 24.3 Å². The molecule has 4 rings (SSSR count). The van der Waals surface area contributed by atoms with E-state index < -0.39 is 0 Å². The zero-order valence-electron chi connectivity index (χ0n) is 15.8. The minimum Gasteiger partial charge on any atom is -0.497 e. The van der Waals surface area contributed by atoms with E-state index in [1.54, 1.807) is 11.8 Å². The van der Waals surface area contributed by atoms with E-state index in [1.165, 1.54) is 17.3 Å². The molecule has 0 radical (unpaired) electrons. The highest BCUT2D eigenvalue weighted by molar-refractivity contribution is 7.99. The lowest BCUT2D eigenvalue weighted by Gasteiger charge is -2.29. The molecule has 7 nitrogen and oxygen atoms in total. The zero-order chi connectivity index (χ0) is 19.5. The summed E-state index contributed by atoms with van der Waals surface area (Å²) in [5, 5.41) is 12.5. The van der Waals surface area contributed by atoms with Crippen molar-refractivity contribution in [2.45, 2.75) is 24.9 Å². The smallest absolute Gasteiger partial charge is 0.237 e. The first-order valence-electron chi connectivity index (χ1n) is 9.11. The van der Waals surface area contributed by atoms with E-state index >= 15 is 0 Å². The molecule has 8 heteroatoms. The third-order valence-corrected chi connectivity index (χ3v) is 5.65. The van der Waals surface area contributed by atoms with Gasteiger partial charge in [-0.15, -0.1) is 5.10 Å². The van der Waals surface area contributed by atoms with E-state index in [0.29, 0.717) is 5.16 Å². The lowest BCUT2D eigenvalue weighted by molar-refractivity contribution is -0.116. The van der Waals surface area contributed by atoms with Crippen LogP contribution in [0.4, 0.5) is 5.69 Å². The standard InChI is InChI=1S/C20H21N5O2S/c1-14-5-7-16(8-6-14)25-20(21-22-23-25)28-13-19(26)24-11-3-4-15-12-17(27-2)9-10-18(15)24/h5-10,12H,3-4,11,13H2,1-2H3. The number of aromatic nitrogens is 4. The van der Waals surface area contributed by atoms with E-state index in [9.17, 15) is 4.79 Å². The van der Waals surface area contributed by atoms with Crippen molar-refractivity contribution in [1.29, 1.82) is 0 Å². The van der Waals surface area contributed by atoms with Crippen LogP contribution >= 0.6 is 11.8 Å². The van der Waals surface area contributed by atoms with E-state index in [1.807, 2.05) is 54.3 Å². The number of carbonyl (C=O) groups excluding carboxylic acids is 1. The molecule has 3 aromatic rings. The summed E-state index contributed by atoms with van der Waals surface area (Å²) in [4.78, 5) is 14.8. The number of hydrogen-bond acceptors (Lipinski definition) is 6. The Hall–Kier alpha value is -2.87. The Bertz CT molecular complexity index is 987. The number of hydrogen-bond donors (Lipinski definition) is 0. The van der Waals surface area contributed by atoms with Crippen molar-refractivity contribution in [3.8, 4) is 11.4 Å². The molecule has 0 saturated heterocycles. The van der Waals surface area contributed by atoms with Crippen molar-refractivity contribution in [2.24, 2.45) is 0 Å². The predicted molar refractivity (Wildman–Crippen MR) is 108 cm³/mol. The van der Waals surface area contributed by atoms with Crippen LogP contribution in [0.2, 0.25) is 0 Å². The average molecular weight is 395 g/mol. The molecule has 2 heterocycles. The topological polar surface area (TPSA) is 73.1 Å². The number of methoxy groups -OCH3 is 1. The fourth-order valence-corrected chi connectivity index (χ4v) is 4.05. The summed E-state index contributed by atoms with van der Waals surface area (Å²) in [6.07, 6.45) is 1.90. The summed E-state index contributed by atoms with van der Waals surface area (Å²) in [6.45, 7) is 2.76. The fourth-order valence-electron chi connectivity index (χ4n) is 3.28. The summed E-state index contributed by atoms with van der Waals surface area (Å²) in [6, 6.07) is 13.8. The van der Waals surface area contributed by atoms with Crippen LogP contribution in [0.1, 0.15) is 17.5 Å². The van der Waals surface area contributed by atoms with Gasteiger partial charge in [-0.2, -0.15) is 4.68 Å². The van der Waals surface area contributed by atoms with E-state index in [0.717, 1.165) is 42.1 Å². The minimum absolute atomic E-state index is 0.0505. The first-order valence-corrected chi connectivity index (χ1v) is 10.1. The van der Waals surface area contributed by atoms with Crippen molar-refractivity contribution in [3.63, 3.8) is 0 Å².